The zero-order chi connectivity index (χ0) is 17.9. The van der Waals surface area contributed by atoms with E-state index in [1.165, 1.54) is 14.2 Å². The Morgan fingerprint density at radius 3 is 2.29 bits per heavy atom. The van der Waals surface area contributed by atoms with Crippen molar-refractivity contribution in [3.05, 3.63) is 46.8 Å². The topological polar surface area (TPSA) is 77.6 Å². The molecule has 0 fully saturated rings. The molecule has 0 unspecified atom stereocenters. The molecular weight excluding hydrogens is 310 g/mol. The molecule has 0 saturated heterocycles. The molecule has 0 bridgehead atoms. The fourth-order valence-electron chi connectivity index (χ4n) is 2.57. The van der Waals surface area contributed by atoms with Gasteiger partial charge in [-0.15, -0.1) is 0 Å². The molecule has 0 amide bonds. The highest BCUT2D eigenvalue weighted by atomic mass is 16.5. The first kappa shape index (κ1) is 17.6. The van der Waals surface area contributed by atoms with Gasteiger partial charge in [0.1, 0.15) is 0 Å². The predicted octanol–water partition coefficient (Wildman–Crippen LogP) is 3.08. The number of carbonyl (C=O) groups is 2. The number of para-hydroxylation sites is 2. The maximum atomic E-state index is 12.7. The van der Waals surface area contributed by atoms with Crippen molar-refractivity contribution in [1.29, 1.82) is 0 Å². The van der Waals surface area contributed by atoms with Crippen LogP contribution in [0.4, 0.5) is 0 Å². The number of esters is 1. The Balaban J connectivity index is 2.27. The predicted molar refractivity (Wildman–Crippen MR) is 89.0 cm³/mol. The van der Waals surface area contributed by atoms with E-state index in [9.17, 15) is 9.59 Å². The van der Waals surface area contributed by atoms with Crippen LogP contribution in [0.3, 0.4) is 0 Å². The number of aryl methyl sites for hydroxylation is 1. The SMILES string of the molecule is COC(=O)c1c(C)[nH]c(C(=O)[C@@H](C)Oc2ccccc2OC)c1C. The average molecular weight is 331 g/mol. The standard InChI is InChI=1S/C18H21NO5/c1-10-15(18(21)23-5)11(2)19-16(10)17(20)12(3)24-14-9-7-6-8-13(14)22-4/h6-9,12,19H,1-5H3/t12-/m1/s1. The first-order valence-corrected chi connectivity index (χ1v) is 7.52. The van der Waals surface area contributed by atoms with Crippen LogP contribution >= 0.6 is 0 Å². The number of ketones is 1. The van der Waals surface area contributed by atoms with E-state index in [0.29, 0.717) is 34.0 Å². The maximum Gasteiger partial charge on any atom is 0.339 e. The van der Waals surface area contributed by atoms with Gasteiger partial charge in [-0.25, -0.2) is 4.79 Å². The summed E-state index contributed by atoms with van der Waals surface area (Å²) in [5.41, 5.74) is 1.87. The molecule has 1 heterocycles. The Hall–Kier alpha value is -2.76. The molecule has 1 atom stereocenters. The van der Waals surface area contributed by atoms with Crippen molar-refractivity contribution in [3.8, 4) is 11.5 Å². The third-order valence-electron chi connectivity index (χ3n) is 3.82. The lowest BCUT2D eigenvalue weighted by Gasteiger charge is -2.15. The molecule has 6 heteroatoms. The Morgan fingerprint density at radius 1 is 1.08 bits per heavy atom. The van der Waals surface area contributed by atoms with E-state index in [1.54, 1.807) is 39.0 Å². The fraction of sp³-hybridized carbons (Fsp3) is 0.333. The zero-order valence-electron chi connectivity index (χ0n) is 14.4. The van der Waals surface area contributed by atoms with Gasteiger partial charge >= 0.3 is 5.97 Å². The van der Waals surface area contributed by atoms with Crippen molar-refractivity contribution in [1.82, 2.24) is 4.98 Å². The summed E-state index contributed by atoms with van der Waals surface area (Å²) < 4.78 is 15.7. The molecule has 2 rings (SSSR count). The Kier molecular flexibility index (Phi) is 5.28. The number of methoxy groups -OCH3 is 2. The van der Waals surface area contributed by atoms with E-state index in [0.717, 1.165) is 0 Å². The minimum Gasteiger partial charge on any atom is -0.493 e. The van der Waals surface area contributed by atoms with E-state index in [2.05, 4.69) is 4.98 Å². The Morgan fingerprint density at radius 2 is 1.71 bits per heavy atom. The Bertz CT molecular complexity index is 763. The largest absolute Gasteiger partial charge is 0.493 e. The number of nitrogens with one attached hydrogen (secondary N) is 1. The number of hydrogen-bond donors (Lipinski definition) is 1. The number of benzene rings is 1. The van der Waals surface area contributed by atoms with E-state index in [1.807, 2.05) is 6.07 Å². The number of Topliss-reactive ketones (excluding diaryl/α,β-unsaturated/α-hetero) is 1. The number of hydrogen-bond acceptors (Lipinski definition) is 5. The highest BCUT2D eigenvalue weighted by Crippen LogP contribution is 2.28. The summed E-state index contributed by atoms with van der Waals surface area (Å²) in [4.78, 5) is 27.5. The van der Waals surface area contributed by atoms with Gasteiger partial charge < -0.3 is 19.2 Å². The van der Waals surface area contributed by atoms with Crippen LogP contribution in [0.2, 0.25) is 0 Å². The number of aromatic nitrogens is 1. The van der Waals surface area contributed by atoms with Gasteiger partial charge in [0.25, 0.3) is 0 Å². The van der Waals surface area contributed by atoms with Gasteiger partial charge in [0.15, 0.2) is 17.6 Å². The van der Waals surface area contributed by atoms with Crippen molar-refractivity contribution >= 4 is 11.8 Å². The number of aromatic amines is 1. The summed E-state index contributed by atoms with van der Waals surface area (Å²) in [7, 11) is 2.85. The van der Waals surface area contributed by atoms with Crippen LogP contribution in [0, 0.1) is 13.8 Å². The monoisotopic (exact) mass is 331 g/mol. The third-order valence-corrected chi connectivity index (χ3v) is 3.82. The van der Waals surface area contributed by atoms with Crippen LogP contribution < -0.4 is 9.47 Å². The lowest BCUT2D eigenvalue weighted by molar-refractivity contribution is 0.0599. The molecule has 1 N–H and O–H groups in total. The number of carbonyl (C=O) groups excluding carboxylic acids is 2. The van der Waals surface area contributed by atoms with Crippen molar-refractivity contribution in [3.63, 3.8) is 0 Å². The van der Waals surface area contributed by atoms with Gasteiger partial charge in [0.05, 0.1) is 25.5 Å². The van der Waals surface area contributed by atoms with Crippen LogP contribution in [-0.2, 0) is 4.74 Å². The van der Waals surface area contributed by atoms with Gasteiger partial charge in [-0.3, -0.25) is 4.79 Å². The van der Waals surface area contributed by atoms with E-state index < -0.39 is 12.1 Å². The summed E-state index contributed by atoms with van der Waals surface area (Å²) in [6.45, 7) is 5.09. The molecule has 1 aromatic carbocycles. The second-order valence-corrected chi connectivity index (χ2v) is 5.39. The number of ether oxygens (including phenoxy) is 3. The molecule has 1 aromatic heterocycles. The van der Waals surface area contributed by atoms with Crippen LogP contribution in [0.1, 0.15) is 39.0 Å². The van der Waals surface area contributed by atoms with E-state index in [-0.39, 0.29) is 5.78 Å². The van der Waals surface area contributed by atoms with Crippen LogP contribution in [-0.4, -0.2) is 37.1 Å². The van der Waals surface area contributed by atoms with Crippen LogP contribution in [0.5, 0.6) is 11.5 Å². The summed E-state index contributed by atoms with van der Waals surface area (Å²) in [6.07, 6.45) is -0.747. The smallest absolute Gasteiger partial charge is 0.339 e. The Labute approximate surface area is 140 Å². The quantitative estimate of drug-likeness (QED) is 0.650. The highest BCUT2D eigenvalue weighted by molar-refractivity contribution is 6.03. The molecule has 0 spiro atoms. The second-order valence-electron chi connectivity index (χ2n) is 5.39. The summed E-state index contributed by atoms with van der Waals surface area (Å²) in [6, 6.07) is 7.11. The van der Waals surface area contributed by atoms with Crippen LogP contribution in [0.15, 0.2) is 24.3 Å². The third kappa shape index (κ3) is 3.27. The summed E-state index contributed by atoms with van der Waals surface area (Å²) in [5, 5.41) is 0. The first-order valence-electron chi connectivity index (χ1n) is 7.52. The molecule has 2 aromatic rings. The first-order chi connectivity index (χ1) is 11.4. The van der Waals surface area contributed by atoms with E-state index >= 15 is 0 Å². The average Bonchev–Trinajstić information content (AvgIpc) is 2.88. The molecule has 0 aliphatic heterocycles. The zero-order valence-corrected chi connectivity index (χ0v) is 14.4. The lowest BCUT2D eigenvalue weighted by atomic mass is 10.1. The minimum atomic E-state index is -0.747. The molecular formula is C18H21NO5. The molecule has 0 aliphatic carbocycles. The maximum absolute atomic E-state index is 12.7. The fourth-order valence-corrected chi connectivity index (χ4v) is 2.57. The van der Waals surface area contributed by atoms with Gasteiger partial charge in [-0.1, -0.05) is 12.1 Å². The van der Waals surface area contributed by atoms with Crippen molar-refractivity contribution in [2.45, 2.75) is 26.9 Å². The van der Waals surface area contributed by atoms with Gasteiger partial charge in [-0.2, -0.15) is 0 Å². The molecule has 24 heavy (non-hydrogen) atoms. The second kappa shape index (κ2) is 7.21. The normalized spacial score (nSPS) is 11.7. The summed E-state index contributed by atoms with van der Waals surface area (Å²) >= 11 is 0. The minimum absolute atomic E-state index is 0.253. The summed E-state index contributed by atoms with van der Waals surface area (Å²) in [5.74, 6) is 0.303. The highest BCUT2D eigenvalue weighted by Gasteiger charge is 2.26. The molecule has 6 nitrogen and oxygen atoms in total. The van der Waals surface area contributed by atoms with Crippen LogP contribution in [0.25, 0.3) is 0 Å². The van der Waals surface area contributed by atoms with Gasteiger partial charge in [0, 0.05) is 5.69 Å². The lowest BCUT2D eigenvalue weighted by Crippen LogP contribution is -2.25. The molecule has 0 aliphatic rings. The molecule has 128 valence electrons. The van der Waals surface area contributed by atoms with Crippen molar-refractivity contribution in [2.75, 3.05) is 14.2 Å². The van der Waals surface area contributed by atoms with Crippen molar-refractivity contribution in [2.24, 2.45) is 0 Å². The van der Waals surface area contributed by atoms with Gasteiger partial charge in [-0.05, 0) is 38.5 Å². The number of rotatable bonds is 6. The van der Waals surface area contributed by atoms with Gasteiger partial charge in [0.2, 0.25) is 5.78 Å². The van der Waals surface area contributed by atoms with E-state index in [4.69, 9.17) is 14.2 Å². The number of H-pyrrole nitrogens is 1. The molecule has 0 radical (unpaired) electrons. The molecule has 0 saturated carbocycles. The van der Waals surface area contributed by atoms with Crippen molar-refractivity contribution < 1.29 is 23.8 Å².